The number of hydrogen-bond donors (Lipinski definition) is 1. The van der Waals surface area contributed by atoms with Crippen LogP contribution in [0.4, 0.5) is 0 Å². The van der Waals surface area contributed by atoms with Crippen LogP contribution >= 0.6 is 0 Å². The van der Waals surface area contributed by atoms with Gasteiger partial charge in [-0.1, -0.05) is 24.3 Å². The second-order valence-corrected chi connectivity index (χ2v) is 3.08. The summed E-state index contributed by atoms with van der Waals surface area (Å²) < 4.78 is 5.21. The van der Waals surface area contributed by atoms with Crippen LogP contribution in [0.1, 0.15) is 11.1 Å². The van der Waals surface area contributed by atoms with Gasteiger partial charge in [0.25, 0.3) is 5.91 Å². The molecule has 0 aliphatic carbocycles. The van der Waals surface area contributed by atoms with Crippen molar-refractivity contribution in [2.24, 2.45) is 0 Å². The van der Waals surface area contributed by atoms with E-state index in [0.717, 1.165) is 11.1 Å². The first-order valence-electron chi connectivity index (χ1n) is 4.45. The molecule has 3 nitrogen and oxygen atoms in total. The summed E-state index contributed by atoms with van der Waals surface area (Å²) in [5, 5.41) is 2.59. The fraction of sp³-hybridized carbons (Fsp3) is 0.182. The zero-order valence-electron chi connectivity index (χ0n) is 7.91. The van der Waals surface area contributed by atoms with Crippen molar-refractivity contribution in [1.82, 2.24) is 5.32 Å². The lowest BCUT2D eigenvalue weighted by Crippen LogP contribution is -2.21. The predicted molar refractivity (Wildman–Crippen MR) is 53.3 cm³/mol. The summed E-state index contributed by atoms with van der Waals surface area (Å²) in [5.41, 5.74) is 2.60. The molecule has 0 radical (unpaired) electrons. The average Bonchev–Trinajstić information content (AvgIpc) is 2.27. The van der Waals surface area contributed by atoms with Crippen molar-refractivity contribution in [3.8, 4) is 0 Å². The molecule has 1 N–H and O–H groups in total. The molecule has 2 rings (SSSR count). The number of fused-ring (bicyclic) bond motifs is 1. The second-order valence-electron chi connectivity index (χ2n) is 3.08. The second kappa shape index (κ2) is 3.54. The fourth-order valence-corrected chi connectivity index (χ4v) is 1.50. The van der Waals surface area contributed by atoms with Gasteiger partial charge in [0.15, 0.2) is 0 Å². The first-order chi connectivity index (χ1) is 6.83. The molecule has 0 fully saturated rings. The Morgan fingerprint density at radius 2 is 2.21 bits per heavy atom. The predicted octanol–water partition coefficient (Wildman–Crippen LogP) is 1.30. The molecule has 1 heterocycles. The smallest absolute Gasteiger partial charge is 0.254 e. The molecule has 3 heteroatoms. The lowest BCUT2D eigenvalue weighted by Gasteiger charge is -2.16. The van der Waals surface area contributed by atoms with Gasteiger partial charge < -0.3 is 10.1 Å². The molecule has 1 aliphatic rings. The Kier molecular flexibility index (Phi) is 2.23. The summed E-state index contributed by atoms with van der Waals surface area (Å²) >= 11 is 0. The summed E-state index contributed by atoms with van der Waals surface area (Å²) in [5.74, 6) is -0.114. The van der Waals surface area contributed by atoms with E-state index in [-0.39, 0.29) is 5.91 Å². The Bertz CT molecular complexity index is 396. The average molecular weight is 189 g/mol. The van der Waals surface area contributed by atoms with E-state index in [1.807, 2.05) is 24.3 Å². The van der Waals surface area contributed by atoms with Gasteiger partial charge in [-0.2, -0.15) is 0 Å². The number of carbonyl (C=O) groups excluding carboxylic acids is 1. The van der Waals surface area contributed by atoms with Gasteiger partial charge in [0.2, 0.25) is 0 Å². The summed E-state index contributed by atoms with van der Waals surface area (Å²) in [4.78, 5) is 11.5. The number of hydrogen-bond acceptors (Lipinski definition) is 2. The number of carbonyl (C=O) groups is 1. The summed E-state index contributed by atoms with van der Waals surface area (Å²) in [6.07, 6.45) is 1.52. The van der Waals surface area contributed by atoms with Gasteiger partial charge in [0.1, 0.15) is 6.61 Å². The largest absolute Gasteiger partial charge is 0.496 e. The monoisotopic (exact) mass is 189 g/mol. The van der Waals surface area contributed by atoms with Gasteiger partial charge in [-0.05, 0) is 11.1 Å². The molecule has 0 saturated carbocycles. The van der Waals surface area contributed by atoms with Crippen molar-refractivity contribution >= 4 is 11.5 Å². The van der Waals surface area contributed by atoms with Crippen LogP contribution in [-0.4, -0.2) is 13.0 Å². The lowest BCUT2D eigenvalue weighted by atomic mass is 9.99. The SMILES string of the molecule is CNC(=O)C1=COCc2ccccc21. The highest BCUT2D eigenvalue weighted by molar-refractivity contribution is 6.19. The van der Waals surface area contributed by atoms with Gasteiger partial charge in [-0.25, -0.2) is 0 Å². The molecule has 0 unspecified atom stereocenters. The molecule has 0 spiro atoms. The van der Waals surface area contributed by atoms with Crippen LogP contribution in [0.3, 0.4) is 0 Å². The normalized spacial score (nSPS) is 13.6. The van der Waals surface area contributed by atoms with Gasteiger partial charge in [-0.3, -0.25) is 4.79 Å². The van der Waals surface area contributed by atoms with E-state index in [1.165, 1.54) is 6.26 Å². The Hall–Kier alpha value is -1.77. The number of rotatable bonds is 1. The number of amides is 1. The highest BCUT2D eigenvalue weighted by Gasteiger charge is 2.17. The van der Waals surface area contributed by atoms with Crippen molar-refractivity contribution in [3.05, 3.63) is 41.7 Å². The number of likely N-dealkylation sites (N-methyl/N-ethyl adjacent to an activating group) is 1. The van der Waals surface area contributed by atoms with Crippen LogP contribution < -0.4 is 5.32 Å². The minimum Gasteiger partial charge on any atom is -0.496 e. The van der Waals surface area contributed by atoms with Crippen molar-refractivity contribution in [1.29, 1.82) is 0 Å². The summed E-state index contributed by atoms with van der Waals surface area (Å²) in [7, 11) is 1.61. The third kappa shape index (κ3) is 1.37. The van der Waals surface area contributed by atoms with E-state index in [4.69, 9.17) is 4.74 Å². The molecule has 0 atom stereocenters. The van der Waals surface area contributed by atoms with Crippen molar-refractivity contribution < 1.29 is 9.53 Å². The first kappa shape index (κ1) is 8.81. The fourth-order valence-electron chi connectivity index (χ4n) is 1.50. The number of ether oxygens (including phenoxy) is 1. The molecule has 14 heavy (non-hydrogen) atoms. The van der Waals surface area contributed by atoms with E-state index >= 15 is 0 Å². The maximum absolute atomic E-state index is 11.5. The van der Waals surface area contributed by atoms with Crippen LogP contribution in [0, 0.1) is 0 Å². The molecule has 1 aliphatic heterocycles. The number of nitrogens with one attached hydrogen (secondary N) is 1. The Balaban J connectivity index is 2.45. The highest BCUT2D eigenvalue weighted by atomic mass is 16.5. The number of benzene rings is 1. The maximum Gasteiger partial charge on any atom is 0.254 e. The van der Waals surface area contributed by atoms with Crippen LogP contribution in [0.5, 0.6) is 0 Å². The Morgan fingerprint density at radius 1 is 1.43 bits per heavy atom. The van der Waals surface area contributed by atoms with Gasteiger partial charge in [-0.15, -0.1) is 0 Å². The standard InChI is InChI=1S/C11H11NO2/c1-12-11(13)10-7-14-6-8-4-2-3-5-9(8)10/h2-5,7H,6H2,1H3,(H,12,13). The van der Waals surface area contributed by atoms with Crippen LogP contribution in [0.2, 0.25) is 0 Å². The quantitative estimate of drug-likeness (QED) is 0.723. The molecule has 72 valence electrons. The van der Waals surface area contributed by atoms with Gasteiger partial charge in [0, 0.05) is 7.05 Å². The van der Waals surface area contributed by atoms with Crippen molar-refractivity contribution in [2.75, 3.05) is 7.05 Å². The summed E-state index contributed by atoms with van der Waals surface area (Å²) in [6, 6.07) is 7.75. The topological polar surface area (TPSA) is 38.3 Å². The van der Waals surface area contributed by atoms with Crippen LogP contribution in [0.15, 0.2) is 30.5 Å². The Labute approximate surface area is 82.4 Å². The minimum atomic E-state index is -0.114. The van der Waals surface area contributed by atoms with Crippen LogP contribution in [-0.2, 0) is 16.1 Å². The van der Waals surface area contributed by atoms with E-state index in [9.17, 15) is 4.79 Å². The molecule has 0 aromatic heterocycles. The zero-order chi connectivity index (χ0) is 9.97. The van der Waals surface area contributed by atoms with E-state index < -0.39 is 0 Å². The molecule has 1 amide bonds. The zero-order valence-corrected chi connectivity index (χ0v) is 7.91. The highest BCUT2D eigenvalue weighted by Crippen LogP contribution is 2.24. The third-order valence-electron chi connectivity index (χ3n) is 2.22. The third-order valence-corrected chi connectivity index (χ3v) is 2.22. The summed E-state index contributed by atoms with van der Waals surface area (Å²) in [6.45, 7) is 0.538. The molecule has 1 aromatic rings. The molecule has 0 saturated heterocycles. The van der Waals surface area contributed by atoms with Crippen molar-refractivity contribution in [2.45, 2.75) is 6.61 Å². The Morgan fingerprint density at radius 3 is 3.00 bits per heavy atom. The molecule has 0 bridgehead atoms. The molecule has 1 aromatic carbocycles. The lowest BCUT2D eigenvalue weighted by molar-refractivity contribution is -0.115. The van der Waals surface area contributed by atoms with E-state index in [1.54, 1.807) is 7.05 Å². The first-order valence-corrected chi connectivity index (χ1v) is 4.45. The van der Waals surface area contributed by atoms with Crippen LogP contribution in [0.25, 0.3) is 5.57 Å². The minimum absolute atomic E-state index is 0.114. The van der Waals surface area contributed by atoms with E-state index in [2.05, 4.69) is 5.32 Å². The van der Waals surface area contributed by atoms with Gasteiger partial charge >= 0.3 is 0 Å². The molecular formula is C11H11NO2. The van der Waals surface area contributed by atoms with Gasteiger partial charge in [0.05, 0.1) is 11.8 Å². The van der Waals surface area contributed by atoms with E-state index in [0.29, 0.717) is 12.2 Å². The maximum atomic E-state index is 11.5. The van der Waals surface area contributed by atoms with Crippen molar-refractivity contribution in [3.63, 3.8) is 0 Å². The molecular weight excluding hydrogens is 178 g/mol.